The lowest BCUT2D eigenvalue weighted by Gasteiger charge is -2.18. The van der Waals surface area contributed by atoms with Crippen LogP contribution < -0.4 is 10.1 Å². The van der Waals surface area contributed by atoms with Crippen LogP contribution in [-0.4, -0.2) is 18.6 Å². The molecule has 0 atom stereocenters. The van der Waals surface area contributed by atoms with Gasteiger partial charge in [-0.2, -0.15) is 0 Å². The van der Waals surface area contributed by atoms with E-state index in [9.17, 15) is 4.79 Å². The quantitative estimate of drug-likeness (QED) is 0.836. The van der Waals surface area contributed by atoms with Crippen LogP contribution in [0.5, 0.6) is 5.75 Å². The molecule has 2 aromatic rings. The van der Waals surface area contributed by atoms with Crippen molar-refractivity contribution < 1.29 is 9.53 Å². The minimum absolute atomic E-state index is 0.00154. The predicted molar refractivity (Wildman–Crippen MR) is 94.8 cm³/mol. The van der Waals surface area contributed by atoms with Crippen LogP contribution in [0.1, 0.15) is 25.7 Å². The Kier molecular flexibility index (Phi) is 4.24. The second-order valence-electron chi connectivity index (χ2n) is 6.92. The Bertz CT molecular complexity index is 693. The molecule has 0 saturated heterocycles. The van der Waals surface area contributed by atoms with Crippen LogP contribution in [0.15, 0.2) is 54.6 Å². The number of ether oxygens (including phenoxy) is 1. The Morgan fingerprint density at radius 3 is 2.25 bits per heavy atom. The number of hydrogen-bond donors (Lipinski definition) is 1. The van der Waals surface area contributed by atoms with Gasteiger partial charge in [-0.05, 0) is 49.1 Å². The molecule has 3 heteroatoms. The van der Waals surface area contributed by atoms with E-state index in [2.05, 4.69) is 17.4 Å². The molecule has 1 N–H and O–H groups in total. The van der Waals surface area contributed by atoms with Gasteiger partial charge in [-0.3, -0.25) is 4.79 Å². The summed E-state index contributed by atoms with van der Waals surface area (Å²) < 4.78 is 5.84. The van der Waals surface area contributed by atoms with Crippen LogP contribution >= 0.6 is 0 Å². The molecule has 3 nitrogen and oxygen atoms in total. The summed E-state index contributed by atoms with van der Waals surface area (Å²) in [5.74, 6) is 2.17. The second-order valence-corrected chi connectivity index (χ2v) is 6.92. The number of hydrogen-bond acceptors (Lipinski definition) is 2. The molecule has 2 aliphatic rings. The van der Waals surface area contributed by atoms with Gasteiger partial charge in [0.15, 0.2) is 6.61 Å². The van der Waals surface area contributed by atoms with E-state index in [1.165, 1.54) is 25.7 Å². The molecule has 124 valence electrons. The normalized spacial score (nSPS) is 16.9. The summed E-state index contributed by atoms with van der Waals surface area (Å²) in [7, 11) is 0. The third-order valence-corrected chi connectivity index (χ3v) is 4.92. The van der Waals surface area contributed by atoms with Gasteiger partial charge in [-0.1, -0.05) is 48.5 Å². The summed E-state index contributed by atoms with van der Waals surface area (Å²) in [6.45, 7) is 0.0831. The first-order valence-corrected chi connectivity index (χ1v) is 8.88. The summed E-state index contributed by atoms with van der Waals surface area (Å²) in [4.78, 5) is 12.3. The van der Waals surface area contributed by atoms with Gasteiger partial charge in [-0.15, -0.1) is 0 Å². The average molecular weight is 321 g/mol. The fourth-order valence-corrected chi connectivity index (χ4v) is 3.35. The summed E-state index contributed by atoms with van der Waals surface area (Å²) in [5.41, 5.74) is 2.12. The number of rotatable bonds is 7. The first-order chi connectivity index (χ1) is 11.8. The third kappa shape index (κ3) is 3.61. The molecule has 2 saturated carbocycles. The van der Waals surface area contributed by atoms with Crippen molar-refractivity contribution in [2.45, 2.75) is 31.7 Å². The molecule has 2 aliphatic carbocycles. The molecule has 0 aliphatic heterocycles. The highest BCUT2D eigenvalue weighted by atomic mass is 16.5. The second kappa shape index (κ2) is 6.68. The van der Waals surface area contributed by atoms with Gasteiger partial charge in [0.05, 0.1) is 0 Å². The highest BCUT2D eigenvalue weighted by Gasteiger charge is 2.42. The molecule has 24 heavy (non-hydrogen) atoms. The molecular formula is C21H23NO2. The zero-order chi connectivity index (χ0) is 16.4. The molecule has 2 fully saturated rings. The summed E-state index contributed by atoms with van der Waals surface area (Å²) in [6, 6.07) is 18.4. The maximum Gasteiger partial charge on any atom is 0.258 e. The van der Waals surface area contributed by atoms with E-state index in [0.717, 1.165) is 16.9 Å². The van der Waals surface area contributed by atoms with Crippen molar-refractivity contribution in [3.05, 3.63) is 54.6 Å². The van der Waals surface area contributed by atoms with E-state index in [4.69, 9.17) is 4.74 Å². The minimum Gasteiger partial charge on any atom is -0.483 e. The predicted octanol–water partition coefficient (Wildman–Crippen LogP) is 4.04. The van der Waals surface area contributed by atoms with Crippen LogP contribution in [0, 0.1) is 11.8 Å². The maximum atomic E-state index is 12.3. The number of benzene rings is 2. The van der Waals surface area contributed by atoms with Crippen LogP contribution in [0.2, 0.25) is 0 Å². The van der Waals surface area contributed by atoms with Crippen LogP contribution in [0.3, 0.4) is 0 Å². The summed E-state index contributed by atoms with van der Waals surface area (Å²) >= 11 is 0. The minimum atomic E-state index is 0.00154. The molecule has 0 aromatic heterocycles. The summed E-state index contributed by atoms with van der Waals surface area (Å²) in [6.07, 6.45) is 5.05. The van der Waals surface area contributed by atoms with Crippen molar-refractivity contribution in [2.75, 3.05) is 6.61 Å². The number of amides is 1. The van der Waals surface area contributed by atoms with Crippen molar-refractivity contribution in [3.63, 3.8) is 0 Å². The Hall–Kier alpha value is -2.29. The van der Waals surface area contributed by atoms with E-state index in [0.29, 0.717) is 17.9 Å². The van der Waals surface area contributed by atoms with E-state index in [-0.39, 0.29) is 12.5 Å². The van der Waals surface area contributed by atoms with Crippen LogP contribution in [-0.2, 0) is 4.79 Å². The highest BCUT2D eigenvalue weighted by Crippen LogP contribution is 2.44. The standard InChI is InChI=1S/C21H23NO2/c23-20(22-21(16-10-11-16)17-12-13-17)14-24-19-9-5-4-8-18(19)15-6-2-1-3-7-15/h1-9,16-17,21H,10-14H2,(H,22,23). The van der Waals surface area contributed by atoms with Crippen LogP contribution in [0.25, 0.3) is 11.1 Å². The molecular weight excluding hydrogens is 298 g/mol. The van der Waals surface area contributed by atoms with Gasteiger partial charge in [0, 0.05) is 11.6 Å². The maximum absolute atomic E-state index is 12.3. The number of carbonyl (C=O) groups is 1. The van der Waals surface area contributed by atoms with Crippen molar-refractivity contribution in [1.82, 2.24) is 5.32 Å². The number of para-hydroxylation sites is 1. The zero-order valence-corrected chi connectivity index (χ0v) is 13.8. The van der Waals surface area contributed by atoms with Crippen molar-refractivity contribution in [3.8, 4) is 16.9 Å². The molecule has 4 rings (SSSR count). The largest absolute Gasteiger partial charge is 0.483 e. The average Bonchev–Trinajstić information content (AvgIpc) is 3.52. The monoisotopic (exact) mass is 321 g/mol. The number of nitrogens with one attached hydrogen (secondary N) is 1. The molecule has 0 heterocycles. The molecule has 0 unspecified atom stereocenters. The molecule has 0 bridgehead atoms. The topological polar surface area (TPSA) is 38.3 Å². The first kappa shape index (κ1) is 15.3. The number of carbonyl (C=O) groups excluding carboxylic acids is 1. The molecule has 0 radical (unpaired) electrons. The van der Waals surface area contributed by atoms with Crippen molar-refractivity contribution in [2.24, 2.45) is 11.8 Å². The highest BCUT2D eigenvalue weighted by molar-refractivity contribution is 5.78. The lowest BCUT2D eigenvalue weighted by molar-refractivity contribution is -0.124. The Morgan fingerprint density at radius 2 is 1.58 bits per heavy atom. The zero-order valence-electron chi connectivity index (χ0n) is 13.8. The van der Waals surface area contributed by atoms with Gasteiger partial charge >= 0.3 is 0 Å². The fourth-order valence-electron chi connectivity index (χ4n) is 3.35. The van der Waals surface area contributed by atoms with E-state index >= 15 is 0 Å². The Labute approximate surface area is 143 Å². The third-order valence-electron chi connectivity index (χ3n) is 4.92. The fraction of sp³-hybridized carbons (Fsp3) is 0.381. The van der Waals surface area contributed by atoms with Crippen molar-refractivity contribution in [1.29, 1.82) is 0 Å². The van der Waals surface area contributed by atoms with Gasteiger partial charge in [0.1, 0.15) is 5.75 Å². The van der Waals surface area contributed by atoms with Gasteiger partial charge in [0.25, 0.3) is 5.91 Å². The Morgan fingerprint density at radius 1 is 0.958 bits per heavy atom. The molecule has 0 spiro atoms. The van der Waals surface area contributed by atoms with Gasteiger partial charge < -0.3 is 10.1 Å². The lowest BCUT2D eigenvalue weighted by Crippen LogP contribution is -2.40. The smallest absolute Gasteiger partial charge is 0.258 e. The van der Waals surface area contributed by atoms with Gasteiger partial charge in [0.2, 0.25) is 0 Å². The van der Waals surface area contributed by atoms with E-state index < -0.39 is 0 Å². The molecule has 2 aromatic carbocycles. The van der Waals surface area contributed by atoms with E-state index in [1.54, 1.807) is 0 Å². The van der Waals surface area contributed by atoms with Crippen molar-refractivity contribution >= 4 is 5.91 Å². The summed E-state index contributed by atoms with van der Waals surface area (Å²) in [5, 5.41) is 3.21. The lowest BCUT2D eigenvalue weighted by atomic mass is 10.1. The first-order valence-electron chi connectivity index (χ1n) is 8.88. The molecule has 1 amide bonds. The van der Waals surface area contributed by atoms with Crippen LogP contribution in [0.4, 0.5) is 0 Å². The van der Waals surface area contributed by atoms with Gasteiger partial charge in [-0.25, -0.2) is 0 Å². The SMILES string of the molecule is O=C(COc1ccccc1-c1ccccc1)NC(C1CC1)C1CC1. The Balaban J connectivity index is 1.40. The van der Waals surface area contributed by atoms with E-state index in [1.807, 2.05) is 42.5 Å².